The van der Waals surface area contributed by atoms with Gasteiger partial charge in [-0.05, 0) is 26.8 Å². The number of Topliss-reactive ketones (excluding diaryl/α,β-unsaturated/α-hetero) is 1. The van der Waals surface area contributed by atoms with Crippen molar-refractivity contribution >= 4 is 16.7 Å². The number of carbonyl (C=O) groups is 1. The van der Waals surface area contributed by atoms with Gasteiger partial charge in [-0.3, -0.25) is 4.79 Å². The van der Waals surface area contributed by atoms with Crippen molar-refractivity contribution in [3.63, 3.8) is 0 Å². The molecular weight excluding hydrogens is 240 g/mol. The Morgan fingerprint density at radius 3 is 2.63 bits per heavy atom. The second-order valence-corrected chi connectivity index (χ2v) is 4.68. The highest BCUT2D eigenvalue weighted by molar-refractivity contribution is 6.12. The molecule has 1 aromatic carbocycles. The second-order valence-electron chi connectivity index (χ2n) is 4.68. The number of hydrogen-bond donors (Lipinski definition) is 1. The van der Waals surface area contributed by atoms with Gasteiger partial charge in [-0.2, -0.15) is 0 Å². The molecule has 0 aliphatic carbocycles. The van der Waals surface area contributed by atoms with E-state index < -0.39 is 0 Å². The largest absolute Gasteiger partial charge is 0.361 e. The third-order valence-electron chi connectivity index (χ3n) is 3.34. The molecule has 0 bridgehead atoms. The molecule has 96 valence electrons. The number of para-hydroxylation sites is 1. The zero-order valence-electron chi connectivity index (χ0n) is 11.1. The molecule has 0 aliphatic rings. The first-order valence-electron chi connectivity index (χ1n) is 6.14. The van der Waals surface area contributed by atoms with Crippen LogP contribution < -0.4 is 0 Å². The van der Waals surface area contributed by atoms with E-state index in [4.69, 9.17) is 4.52 Å². The minimum Gasteiger partial charge on any atom is -0.361 e. The molecule has 0 amide bonds. The van der Waals surface area contributed by atoms with E-state index in [0.29, 0.717) is 11.3 Å². The fourth-order valence-electron chi connectivity index (χ4n) is 2.54. The van der Waals surface area contributed by atoms with Crippen LogP contribution in [0.3, 0.4) is 0 Å². The maximum atomic E-state index is 12.0. The van der Waals surface area contributed by atoms with Crippen LogP contribution in [-0.2, 0) is 0 Å². The molecule has 0 saturated heterocycles. The summed E-state index contributed by atoms with van der Waals surface area (Å²) in [6, 6.07) is 7.79. The van der Waals surface area contributed by atoms with E-state index in [2.05, 4.69) is 10.1 Å². The molecule has 4 heteroatoms. The van der Waals surface area contributed by atoms with E-state index in [9.17, 15) is 4.79 Å². The molecule has 4 nitrogen and oxygen atoms in total. The topological polar surface area (TPSA) is 58.9 Å². The standard InChI is InChI=1S/C15H14N2O2/c1-8-13(10(3)19-17-8)15-14(9(2)18)11-6-4-5-7-12(11)16-15/h4-7,16H,1-3H3. The Morgan fingerprint density at radius 1 is 1.26 bits per heavy atom. The summed E-state index contributed by atoms with van der Waals surface area (Å²) < 4.78 is 5.20. The summed E-state index contributed by atoms with van der Waals surface area (Å²) in [5.41, 5.74) is 4.10. The number of aromatic amines is 1. The summed E-state index contributed by atoms with van der Waals surface area (Å²) in [6.45, 7) is 5.31. The third-order valence-corrected chi connectivity index (χ3v) is 3.34. The van der Waals surface area contributed by atoms with Crippen LogP contribution in [0.2, 0.25) is 0 Å². The molecular formula is C15H14N2O2. The average Bonchev–Trinajstić information content (AvgIpc) is 2.89. The van der Waals surface area contributed by atoms with Gasteiger partial charge in [0.15, 0.2) is 5.78 Å². The molecule has 0 atom stereocenters. The van der Waals surface area contributed by atoms with Crippen LogP contribution in [0.5, 0.6) is 0 Å². The van der Waals surface area contributed by atoms with Gasteiger partial charge in [-0.1, -0.05) is 23.4 Å². The van der Waals surface area contributed by atoms with Gasteiger partial charge in [0, 0.05) is 10.9 Å². The summed E-state index contributed by atoms with van der Waals surface area (Å²) in [5.74, 6) is 0.749. The van der Waals surface area contributed by atoms with E-state index in [-0.39, 0.29) is 5.78 Å². The highest BCUT2D eigenvalue weighted by Gasteiger charge is 2.21. The lowest BCUT2D eigenvalue weighted by Crippen LogP contribution is -1.95. The minimum absolute atomic E-state index is 0.0347. The van der Waals surface area contributed by atoms with Gasteiger partial charge >= 0.3 is 0 Å². The van der Waals surface area contributed by atoms with Crippen LogP contribution in [0.1, 0.15) is 28.7 Å². The van der Waals surface area contributed by atoms with Crippen LogP contribution in [-0.4, -0.2) is 15.9 Å². The van der Waals surface area contributed by atoms with E-state index in [0.717, 1.165) is 27.9 Å². The van der Waals surface area contributed by atoms with Crippen molar-refractivity contribution in [2.75, 3.05) is 0 Å². The smallest absolute Gasteiger partial charge is 0.162 e. The first-order chi connectivity index (χ1) is 9.09. The van der Waals surface area contributed by atoms with Gasteiger partial charge in [-0.15, -0.1) is 0 Å². The van der Waals surface area contributed by atoms with Crippen molar-refractivity contribution in [1.82, 2.24) is 10.1 Å². The normalized spacial score (nSPS) is 11.1. The van der Waals surface area contributed by atoms with Crippen LogP contribution in [0.25, 0.3) is 22.2 Å². The van der Waals surface area contributed by atoms with Crippen molar-refractivity contribution in [3.8, 4) is 11.3 Å². The molecule has 1 N–H and O–H groups in total. The molecule has 19 heavy (non-hydrogen) atoms. The van der Waals surface area contributed by atoms with Gasteiger partial charge in [-0.25, -0.2) is 0 Å². The molecule has 3 rings (SSSR count). The zero-order valence-corrected chi connectivity index (χ0v) is 11.1. The number of benzene rings is 1. The Bertz CT molecular complexity index is 761. The number of hydrogen-bond acceptors (Lipinski definition) is 3. The lowest BCUT2D eigenvalue weighted by atomic mass is 10.0. The molecule has 0 unspecified atom stereocenters. The van der Waals surface area contributed by atoms with E-state index >= 15 is 0 Å². The highest BCUT2D eigenvalue weighted by atomic mass is 16.5. The zero-order chi connectivity index (χ0) is 13.6. The van der Waals surface area contributed by atoms with Gasteiger partial charge < -0.3 is 9.51 Å². The number of fused-ring (bicyclic) bond motifs is 1. The van der Waals surface area contributed by atoms with Crippen LogP contribution in [0, 0.1) is 13.8 Å². The van der Waals surface area contributed by atoms with Crippen molar-refractivity contribution in [2.24, 2.45) is 0 Å². The Hall–Kier alpha value is -2.36. The van der Waals surface area contributed by atoms with Crippen molar-refractivity contribution in [1.29, 1.82) is 0 Å². The Balaban J connectivity index is 2.41. The summed E-state index contributed by atoms with van der Waals surface area (Å²) in [6.07, 6.45) is 0. The number of nitrogens with zero attached hydrogens (tertiary/aromatic N) is 1. The molecule has 0 saturated carbocycles. The fraction of sp³-hybridized carbons (Fsp3) is 0.200. The lowest BCUT2D eigenvalue weighted by Gasteiger charge is -2.00. The van der Waals surface area contributed by atoms with Gasteiger partial charge in [0.1, 0.15) is 5.76 Å². The Kier molecular flexibility index (Phi) is 2.52. The molecule has 2 heterocycles. The van der Waals surface area contributed by atoms with Crippen LogP contribution in [0.15, 0.2) is 28.8 Å². The number of aromatic nitrogens is 2. The van der Waals surface area contributed by atoms with Crippen LogP contribution in [0.4, 0.5) is 0 Å². The predicted molar refractivity (Wildman–Crippen MR) is 73.3 cm³/mol. The Morgan fingerprint density at radius 2 is 2.00 bits per heavy atom. The van der Waals surface area contributed by atoms with Crippen molar-refractivity contribution in [3.05, 3.63) is 41.3 Å². The minimum atomic E-state index is 0.0347. The van der Waals surface area contributed by atoms with E-state index in [1.807, 2.05) is 38.1 Å². The third kappa shape index (κ3) is 1.68. The Labute approximate surface area is 110 Å². The van der Waals surface area contributed by atoms with Gasteiger partial charge in [0.25, 0.3) is 0 Å². The number of H-pyrrole nitrogens is 1. The van der Waals surface area contributed by atoms with Gasteiger partial charge in [0.2, 0.25) is 0 Å². The molecule has 3 aromatic rings. The highest BCUT2D eigenvalue weighted by Crippen LogP contribution is 2.34. The fourth-order valence-corrected chi connectivity index (χ4v) is 2.54. The maximum absolute atomic E-state index is 12.0. The first kappa shape index (κ1) is 11.7. The monoisotopic (exact) mass is 254 g/mol. The number of ketones is 1. The number of aryl methyl sites for hydroxylation is 2. The molecule has 0 aliphatic heterocycles. The van der Waals surface area contributed by atoms with E-state index in [1.54, 1.807) is 6.92 Å². The van der Waals surface area contributed by atoms with Crippen molar-refractivity contribution < 1.29 is 9.32 Å². The summed E-state index contributed by atoms with van der Waals surface area (Å²) in [4.78, 5) is 15.3. The molecule has 0 fully saturated rings. The quantitative estimate of drug-likeness (QED) is 0.710. The van der Waals surface area contributed by atoms with E-state index in [1.165, 1.54) is 0 Å². The summed E-state index contributed by atoms with van der Waals surface area (Å²) in [5, 5.41) is 4.89. The summed E-state index contributed by atoms with van der Waals surface area (Å²) in [7, 11) is 0. The number of carbonyl (C=O) groups excluding carboxylic acids is 1. The number of nitrogens with one attached hydrogen (secondary N) is 1. The van der Waals surface area contributed by atoms with Gasteiger partial charge in [0.05, 0.1) is 22.5 Å². The predicted octanol–water partition coefficient (Wildman–Crippen LogP) is 3.64. The second kappa shape index (κ2) is 4.09. The number of rotatable bonds is 2. The SMILES string of the molecule is CC(=O)c1c(-c2c(C)noc2C)[nH]c2ccccc12. The molecule has 2 aromatic heterocycles. The average molecular weight is 254 g/mol. The lowest BCUT2D eigenvalue weighted by molar-refractivity contribution is 0.102. The maximum Gasteiger partial charge on any atom is 0.162 e. The first-order valence-corrected chi connectivity index (χ1v) is 6.14. The summed E-state index contributed by atoms with van der Waals surface area (Å²) >= 11 is 0. The molecule has 0 spiro atoms. The van der Waals surface area contributed by atoms with Crippen molar-refractivity contribution in [2.45, 2.75) is 20.8 Å². The van der Waals surface area contributed by atoms with Crippen LogP contribution >= 0.6 is 0 Å². The molecule has 0 radical (unpaired) electrons.